The molecule has 0 aromatic heterocycles. The van der Waals surface area contributed by atoms with Crippen LogP contribution in [0.15, 0.2) is 66.8 Å². The minimum Gasteiger partial charge on any atom is -0.463 e. The molecule has 0 saturated carbocycles. The molecule has 0 heterocycles. The van der Waals surface area contributed by atoms with Gasteiger partial charge in [0.05, 0.1) is 12.7 Å². The number of hydrogen-bond donors (Lipinski definition) is 2. The lowest BCUT2D eigenvalue weighted by Gasteiger charge is -2.14. The van der Waals surface area contributed by atoms with Crippen LogP contribution in [0.4, 0.5) is 11.4 Å². The van der Waals surface area contributed by atoms with E-state index < -0.39 is 0 Å². The number of methoxy groups -OCH3 is 1. The Kier molecular flexibility index (Phi) is 7.46. The number of nitrogen functional groups attached to an aromatic ring is 2. The molecule has 1 atom stereocenters. The van der Waals surface area contributed by atoms with Crippen molar-refractivity contribution < 1.29 is 14.3 Å². The number of rotatable bonds is 8. The maximum Gasteiger partial charge on any atom is 0.330 e. The van der Waals surface area contributed by atoms with E-state index in [1.54, 1.807) is 19.3 Å². The van der Waals surface area contributed by atoms with E-state index in [0.717, 1.165) is 29.5 Å². The monoisotopic (exact) mass is 404 g/mol. The average Bonchev–Trinajstić information content (AvgIpc) is 2.77. The zero-order chi connectivity index (χ0) is 21.3. The van der Waals surface area contributed by atoms with Crippen LogP contribution in [0.2, 0.25) is 0 Å². The zero-order valence-electron chi connectivity index (χ0n) is 17.2. The maximum absolute atomic E-state index is 11.9. The Bertz CT molecular complexity index is 959. The van der Waals surface area contributed by atoms with Gasteiger partial charge in [0.2, 0.25) is 0 Å². The molecule has 0 bridgehead atoms. The van der Waals surface area contributed by atoms with E-state index in [9.17, 15) is 4.79 Å². The largest absolute Gasteiger partial charge is 0.463 e. The molecule has 0 radical (unpaired) electrons. The maximum atomic E-state index is 11.9. The van der Waals surface area contributed by atoms with Crippen LogP contribution in [-0.4, -0.2) is 25.8 Å². The number of benzene rings is 2. The van der Waals surface area contributed by atoms with Crippen molar-refractivity contribution in [3.05, 3.63) is 83.5 Å². The lowest BCUT2D eigenvalue weighted by molar-refractivity contribution is -0.137. The molecule has 0 aliphatic heterocycles. The first-order chi connectivity index (χ1) is 14.5. The number of allylic oxidation sites excluding steroid dienone is 2. The van der Waals surface area contributed by atoms with Crippen LogP contribution in [0.3, 0.4) is 0 Å². The molecule has 2 aromatic carbocycles. The van der Waals surface area contributed by atoms with Gasteiger partial charge in [0.25, 0.3) is 0 Å². The van der Waals surface area contributed by atoms with E-state index in [1.165, 1.54) is 11.6 Å². The molecule has 0 saturated heterocycles. The third-order valence-corrected chi connectivity index (χ3v) is 5.02. The molecule has 0 fully saturated rings. The summed E-state index contributed by atoms with van der Waals surface area (Å²) in [4.78, 5) is 11.9. The second-order valence-corrected chi connectivity index (χ2v) is 7.21. The zero-order valence-corrected chi connectivity index (χ0v) is 17.2. The Balaban J connectivity index is 1.43. The highest BCUT2D eigenvalue weighted by Crippen LogP contribution is 2.23. The standard InChI is InChI=1S/C25H28N2O3/c1-29-23-13-10-20(11-14-23)19-7-4-18(5-8-19)6-15-25(28)30-16-2-3-21-9-12-22(26)17-24(21)27/h4-13,15,17,23H,2-3,14,16,26-27H2,1H3/b15-6+. The van der Waals surface area contributed by atoms with Gasteiger partial charge in [-0.1, -0.05) is 48.6 Å². The lowest BCUT2D eigenvalue weighted by atomic mass is 9.97. The highest BCUT2D eigenvalue weighted by Gasteiger charge is 2.08. The van der Waals surface area contributed by atoms with Gasteiger partial charge in [-0.3, -0.25) is 0 Å². The number of anilines is 2. The van der Waals surface area contributed by atoms with Gasteiger partial charge in [0, 0.05) is 24.6 Å². The summed E-state index contributed by atoms with van der Waals surface area (Å²) in [6.45, 7) is 0.342. The number of carbonyl (C=O) groups excluding carboxylic acids is 1. The quantitative estimate of drug-likeness (QED) is 0.295. The summed E-state index contributed by atoms with van der Waals surface area (Å²) >= 11 is 0. The predicted molar refractivity (Wildman–Crippen MR) is 123 cm³/mol. The number of ether oxygens (including phenoxy) is 2. The third-order valence-electron chi connectivity index (χ3n) is 5.02. The van der Waals surface area contributed by atoms with Gasteiger partial charge in [-0.25, -0.2) is 4.79 Å². The van der Waals surface area contributed by atoms with E-state index in [2.05, 4.69) is 18.2 Å². The molecule has 1 aliphatic carbocycles. The van der Waals surface area contributed by atoms with Crippen LogP contribution in [-0.2, 0) is 20.7 Å². The van der Waals surface area contributed by atoms with Gasteiger partial charge >= 0.3 is 5.97 Å². The Morgan fingerprint density at radius 2 is 1.97 bits per heavy atom. The summed E-state index contributed by atoms with van der Waals surface area (Å²) in [5.74, 6) is -0.354. The van der Waals surface area contributed by atoms with E-state index in [4.69, 9.17) is 20.9 Å². The van der Waals surface area contributed by atoms with Gasteiger partial charge < -0.3 is 20.9 Å². The van der Waals surface area contributed by atoms with Crippen LogP contribution < -0.4 is 11.5 Å². The van der Waals surface area contributed by atoms with Crippen molar-refractivity contribution in [3.63, 3.8) is 0 Å². The minimum absolute atomic E-state index is 0.158. The Morgan fingerprint density at radius 3 is 2.63 bits per heavy atom. The van der Waals surface area contributed by atoms with E-state index >= 15 is 0 Å². The molecule has 3 rings (SSSR count). The molecule has 5 nitrogen and oxygen atoms in total. The summed E-state index contributed by atoms with van der Waals surface area (Å²) in [6, 6.07) is 13.5. The molecule has 1 unspecified atom stereocenters. The highest BCUT2D eigenvalue weighted by molar-refractivity contribution is 5.87. The Morgan fingerprint density at radius 1 is 1.17 bits per heavy atom. The molecule has 30 heavy (non-hydrogen) atoms. The second kappa shape index (κ2) is 10.5. The van der Waals surface area contributed by atoms with E-state index in [-0.39, 0.29) is 12.1 Å². The Labute approximate surface area is 177 Å². The van der Waals surface area contributed by atoms with Gasteiger partial charge in [-0.15, -0.1) is 0 Å². The Hall–Kier alpha value is -3.31. The van der Waals surface area contributed by atoms with E-state index in [1.807, 2.05) is 36.4 Å². The predicted octanol–water partition coefficient (Wildman–Crippen LogP) is 4.40. The normalized spacial score (nSPS) is 15.9. The first-order valence-corrected chi connectivity index (χ1v) is 10.1. The molecule has 4 N–H and O–H groups in total. The van der Waals surface area contributed by atoms with Gasteiger partial charge in [0.1, 0.15) is 0 Å². The summed E-state index contributed by atoms with van der Waals surface area (Å²) < 4.78 is 10.6. The summed E-state index contributed by atoms with van der Waals surface area (Å²) in [6.07, 6.45) is 12.0. The van der Waals surface area contributed by atoms with Crippen LogP contribution in [0.25, 0.3) is 11.6 Å². The molecule has 1 aliphatic rings. The number of aryl methyl sites for hydroxylation is 1. The number of nitrogens with two attached hydrogens (primary N) is 2. The van der Waals surface area contributed by atoms with Crippen molar-refractivity contribution in [1.29, 1.82) is 0 Å². The number of esters is 1. The summed E-state index contributed by atoms with van der Waals surface area (Å²) in [7, 11) is 1.72. The first kappa shape index (κ1) is 21.4. The molecular formula is C25H28N2O3. The average molecular weight is 405 g/mol. The minimum atomic E-state index is -0.354. The number of hydrogen-bond acceptors (Lipinski definition) is 5. The van der Waals surface area contributed by atoms with Crippen molar-refractivity contribution in [2.45, 2.75) is 25.4 Å². The smallest absolute Gasteiger partial charge is 0.330 e. The lowest BCUT2D eigenvalue weighted by Crippen LogP contribution is -2.07. The van der Waals surface area contributed by atoms with Crippen molar-refractivity contribution in [3.8, 4) is 0 Å². The van der Waals surface area contributed by atoms with Crippen molar-refractivity contribution in [2.75, 3.05) is 25.2 Å². The van der Waals surface area contributed by atoms with Crippen molar-refractivity contribution in [1.82, 2.24) is 0 Å². The van der Waals surface area contributed by atoms with E-state index in [0.29, 0.717) is 24.4 Å². The fourth-order valence-electron chi connectivity index (χ4n) is 3.27. The fourth-order valence-corrected chi connectivity index (χ4v) is 3.27. The van der Waals surface area contributed by atoms with Crippen LogP contribution >= 0.6 is 0 Å². The fraction of sp³-hybridized carbons (Fsp3) is 0.240. The number of carbonyl (C=O) groups is 1. The molecular weight excluding hydrogens is 376 g/mol. The summed E-state index contributed by atoms with van der Waals surface area (Å²) in [5.41, 5.74) is 17.2. The van der Waals surface area contributed by atoms with Crippen LogP contribution in [0.5, 0.6) is 0 Å². The second-order valence-electron chi connectivity index (χ2n) is 7.21. The third kappa shape index (κ3) is 6.09. The van der Waals surface area contributed by atoms with Crippen molar-refractivity contribution >= 4 is 29.0 Å². The van der Waals surface area contributed by atoms with Gasteiger partial charge in [-0.05, 0) is 59.7 Å². The van der Waals surface area contributed by atoms with Crippen LogP contribution in [0, 0.1) is 0 Å². The molecule has 156 valence electrons. The topological polar surface area (TPSA) is 87.6 Å². The highest BCUT2D eigenvalue weighted by atomic mass is 16.5. The first-order valence-electron chi connectivity index (χ1n) is 10.1. The summed E-state index contributed by atoms with van der Waals surface area (Å²) in [5, 5.41) is 0. The van der Waals surface area contributed by atoms with Gasteiger partial charge in [-0.2, -0.15) is 0 Å². The molecule has 2 aromatic rings. The molecule has 0 spiro atoms. The van der Waals surface area contributed by atoms with Crippen LogP contribution in [0.1, 0.15) is 29.5 Å². The molecule has 5 heteroatoms. The molecule has 0 amide bonds. The SMILES string of the molecule is COC1C=CC(c2ccc(/C=C/C(=O)OCCCc3ccc(N)cc3N)cc2)=CC1. The van der Waals surface area contributed by atoms with Crippen molar-refractivity contribution in [2.24, 2.45) is 0 Å². The van der Waals surface area contributed by atoms with Gasteiger partial charge in [0.15, 0.2) is 0 Å².